The number of hydrogen-bond acceptors (Lipinski definition) is 4. The van der Waals surface area contributed by atoms with E-state index >= 15 is 0 Å². The summed E-state index contributed by atoms with van der Waals surface area (Å²) in [7, 11) is 0. The summed E-state index contributed by atoms with van der Waals surface area (Å²) in [6.07, 6.45) is 3.14. The lowest BCUT2D eigenvalue weighted by Gasteiger charge is -2.09. The Morgan fingerprint density at radius 1 is 1.45 bits per heavy atom. The molecule has 0 atom stereocenters. The Morgan fingerprint density at radius 2 is 2.25 bits per heavy atom. The molecule has 0 aliphatic carbocycles. The molecule has 0 saturated carbocycles. The predicted octanol–water partition coefficient (Wildman–Crippen LogP) is 1.51. The van der Waals surface area contributed by atoms with Crippen LogP contribution in [0.2, 0.25) is 5.02 Å². The number of carbonyl (C=O) groups excluding carboxylic acids is 1. The molecule has 1 aromatic carbocycles. The Bertz CT molecular complexity index is 684. The Kier molecular flexibility index (Phi) is 4.37. The molecule has 1 amide bonds. The summed E-state index contributed by atoms with van der Waals surface area (Å²) in [5, 5.41) is 3.17. The summed E-state index contributed by atoms with van der Waals surface area (Å²) in [4.78, 5) is 26.8. The number of rotatable bonds is 4. The lowest BCUT2D eigenvalue weighted by atomic mass is 10.2. The van der Waals surface area contributed by atoms with Crippen LogP contribution in [0.4, 0.5) is 11.4 Å². The average molecular weight is 293 g/mol. The molecule has 7 heteroatoms. The second-order valence-corrected chi connectivity index (χ2v) is 4.56. The minimum absolute atomic E-state index is 0.146. The van der Waals surface area contributed by atoms with Gasteiger partial charge in [-0.05, 0) is 24.3 Å². The number of nitrogens with one attached hydrogen (secondary N) is 1. The van der Waals surface area contributed by atoms with E-state index in [-0.39, 0.29) is 24.6 Å². The van der Waals surface area contributed by atoms with Crippen LogP contribution in [-0.4, -0.2) is 15.5 Å². The van der Waals surface area contributed by atoms with E-state index in [1.54, 1.807) is 30.5 Å². The first-order chi connectivity index (χ1) is 9.56. The summed E-state index contributed by atoms with van der Waals surface area (Å²) in [5.41, 5.74) is 6.24. The molecule has 3 N–H and O–H groups in total. The number of hydrogen-bond donors (Lipinski definition) is 2. The van der Waals surface area contributed by atoms with Crippen LogP contribution >= 0.6 is 11.6 Å². The van der Waals surface area contributed by atoms with Gasteiger partial charge in [0.2, 0.25) is 5.91 Å². The Labute approximate surface area is 120 Å². The summed E-state index contributed by atoms with van der Waals surface area (Å²) in [6, 6.07) is 6.46. The smallest absolute Gasteiger partial charge is 0.347 e. The molecule has 0 aliphatic heterocycles. The lowest BCUT2D eigenvalue weighted by Crippen LogP contribution is -2.24. The van der Waals surface area contributed by atoms with E-state index in [1.165, 1.54) is 10.8 Å². The number of aromatic nitrogens is 2. The van der Waals surface area contributed by atoms with Crippen molar-refractivity contribution in [3.8, 4) is 0 Å². The van der Waals surface area contributed by atoms with Crippen molar-refractivity contribution >= 4 is 28.9 Å². The third-order valence-electron chi connectivity index (χ3n) is 2.65. The second-order valence-electron chi connectivity index (χ2n) is 4.13. The van der Waals surface area contributed by atoms with E-state index in [1.807, 2.05) is 0 Å². The Morgan fingerprint density at radius 3 is 2.95 bits per heavy atom. The van der Waals surface area contributed by atoms with Gasteiger partial charge in [0, 0.05) is 30.4 Å². The standard InChI is InChI=1S/C13H13ClN4O2/c14-9-2-3-11(10(15)8-9)17-12(19)4-7-18-6-1-5-16-13(18)20/h1-3,5-6,8H,4,7,15H2,(H,17,19). The number of benzene rings is 1. The highest BCUT2D eigenvalue weighted by Gasteiger charge is 2.06. The molecule has 0 radical (unpaired) electrons. The summed E-state index contributed by atoms with van der Waals surface area (Å²) < 4.78 is 1.37. The number of nitrogens with zero attached hydrogens (tertiary/aromatic N) is 2. The van der Waals surface area contributed by atoms with Gasteiger partial charge in [-0.1, -0.05) is 11.6 Å². The number of carbonyl (C=O) groups is 1. The van der Waals surface area contributed by atoms with Gasteiger partial charge in [-0.2, -0.15) is 0 Å². The maximum absolute atomic E-state index is 11.8. The predicted molar refractivity (Wildman–Crippen MR) is 77.6 cm³/mol. The van der Waals surface area contributed by atoms with Crippen molar-refractivity contribution in [2.75, 3.05) is 11.1 Å². The minimum Gasteiger partial charge on any atom is -0.397 e. The second kappa shape index (κ2) is 6.21. The fourth-order valence-electron chi connectivity index (χ4n) is 1.64. The SMILES string of the molecule is Nc1cc(Cl)ccc1NC(=O)CCn1cccnc1=O. The van der Waals surface area contributed by atoms with Gasteiger partial charge in [0.15, 0.2) is 0 Å². The van der Waals surface area contributed by atoms with Crippen LogP contribution in [0, 0.1) is 0 Å². The molecule has 0 saturated heterocycles. The quantitative estimate of drug-likeness (QED) is 0.836. The van der Waals surface area contributed by atoms with E-state index in [4.69, 9.17) is 17.3 Å². The van der Waals surface area contributed by atoms with Crippen LogP contribution in [0.15, 0.2) is 41.5 Å². The van der Waals surface area contributed by atoms with Crippen LogP contribution < -0.4 is 16.7 Å². The van der Waals surface area contributed by atoms with Gasteiger partial charge in [0.25, 0.3) is 0 Å². The van der Waals surface area contributed by atoms with Crippen molar-refractivity contribution < 1.29 is 4.79 Å². The number of nitrogen functional groups attached to an aromatic ring is 1. The maximum Gasteiger partial charge on any atom is 0.347 e. The first kappa shape index (κ1) is 14.1. The van der Waals surface area contributed by atoms with Crippen molar-refractivity contribution in [3.63, 3.8) is 0 Å². The molecular weight excluding hydrogens is 280 g/mol. The van der Waals surface area contributed by atoms with Gasteiger partial charge in [-0.25, -0.2) is 9.78 Å². The molecule has 6 nitrogen and oxygen atoms in total. The average Bonchev–Trinajstić information content (AvgIpc) is 2.41. The van der Waals surface area contributed by atoms with Crippen LogP contribution in [-0.2, 0) is 11.3 Å². The maximum atomic E-state index is 11.8. The molecule has 1 heterocycles. The van der Waals surface area contributed by atoms with Crippen LogP contribution in [0.3, 0.4) is 0 Å². The zero-order valence-electron chi connectivity index (χ0n) is 10.5. The van der Waals surface area contributed by atoms with E-state index in [0.29, 0.717) is 16.4 Å². The minimum atomic E-state index is -0.383. The molecular formula is C13H13ClN4O2. The number of nitrogens with two attached hydrogens (primary N) is 1. The highest BCUT2D eigenvalue weighted by atomic mass is 35.5. The van der Waals surface area contributed by atoms with Crippen molar-refractivity contribution in [1.82, 2.24) is 9.55 Å². The Hall–Kier alpha value is -2.34. The molecule has 1 aromatic heterocycles. The fraction of sp³-hybridized carbons (Fsp3) is 0.154. The van der Waals surface area contributed by atoms with Crippen molar-refractivity contribution in [3.05, 3.63) is 52.2 Å². The highest BCUT2D eigenvalue weighted by Crippen LogP contribution is 2.22. The lowest BCUT2D eigenvalue weighted by molar-refractivity contribution is -0.116. The van der Waals surface area contributed by atoms with Gasteiger partial charge in [-0.3, -0.25) is 9.36 Å². The monoisotopic (exact) mass is 292 g/mol. The number of amides is 1. The van der Waals surface area contributed by atoms with Gasteiger partial charge < -0.3 is 11.1 Å². The molecule has 20 heavy (non-hydrogen) atoms. The summed E-state index contributed by atoms with van der Waals surface area (Å²) in [6.45, 7) is 0.256. The molecule has 0 bridgehead atoms. The fourth-order valence-corrected chi connectivity index (χ4v) is 1.82. The van der Waals surface area contributed by atoms with Gasteiger partial charge >= 0.3 is 5.69 Å². The largest absolute Gasteiger partial charge is 0.397 e. The normalized spacial score (nSPS) is 10.2. The van der Waals surface area contributed by atoms with Crippen LogP contribution in [0.25, 0.3) is 0 Å². The molecule has 2 aromatic rings. The van der Waals surface area contributed by atoms with E-state index < -0.39 is 0 Å². The Balaban J connectivity index is 1.96. The van der Waals surface area contributed by atoms with Crippen molar-refractivity contribution in [2.45, 2.75) is 13.0 Å². The van der Waals surface area contributed by atoms with Crippen LogP contribution in [0.1, 0.15) is 6.42 Å². The van der Waals surface area contributed by atoms with E-state index in [9.17, 15) is 9.59 Å². The van der Waals surface area contributed by atoms with Crippen molar-refractivity contribution in [1.29, 1.82) is 0 Å². The molecule has 0 aliphatic rings. The third kappa shape index (κ3) is 3.58. The van der Waals surface area contributed by atoms with Gasteiger partial charge in [0.05, 0.1) is 11.4 Å². The van der Waals surface area contributed by atoms with E-state index in [0.717, 1.165) is 0 Å². The number of anilines is 2. The molecule has 2 rings (SSSR count). The molecule has 0 fully saturated rings. The van der Waals surface area contributed by atoms with Crippen molar-refractivity contribution in [2.24, 2.45) is 0 Å². The topological polar surface area (TPSA) is 90.0 Å². The molecule has 0 unspecified atom stereocenters. The zero-order valence-corrected chi connectivity index (χ0v) is 11.3. The molecule has 0 spiro atoms. The first-order valence-corrected chi connectivity index (χ1v) is 6.30. The van der Waals surface area contributed by atoms with E-state index in [2.05, 4.69) is 10.3 Å². The van der Waals surface area contributed by atoms with Crippen LogP contribution in [0.5, 0.6) is 0 Å². The molecule has 104 valence electrons. The highest BCUT2D eigenvalue weighted by molar-refractivity contribution is 6.31. The number of halogens is 1. The van der Waals surface area contributed by atoms with Gasteiger partial charge in [-0.15, -0.1) is 0 Å². The number of aryl methyl sites for hydroxylation is 1. The first-order valence-electron chi connectivity index (χ1n) is 5.92. The summed E-state index contributed by atoms with van der Waals surface area (Å²) in [5.74, 6) is -0.241. The van der Waals surface area contributed by atoms with Gasteiger partial charge in [0.1, 0.15) is 0 Å². The third-order valence-corrected chi connectivity index (χ3v) is 2.89. The zero-order chi connectivity index (χ0) is 14.5. The summed E-state index contributed by atoms with van der Waals surface area (Å²) >= 11 is 5.77.